The van der Waals surface area contributed by atoms with E-state index < -0.39 is 12.3 Å². The van der Waals surface area contributed by atoms with Crippen LogP contribution in [-0.4, -0.2) is 22.9 Å². The van der Waals surface area contributed by atoms with Crippen molar-refractivity contribution >= 4 is 0 Å². The highest BCUT2D eigenvalue weighted by Crippen LogP contribution is 2.18. The van der Waals surface area contributed by atoms with E-state index in [0.29, 0.717) is 0 Å². The zero-order valence-corrected chi connectivity index (χ0v) is 6.32. The summed E-state index contributed by atoms with van der Waals surface area (Å²) in [4.78, 5) is 7.43. The first-order valence-electron chi connectivity index (χ1n) is 3.50. The molecule has 1 rings (SSSR count). The van der Waals surface area contributed by atoms with Crippen LogP contribution in [0.4, 0.5) is 8.78 Å². The highest BCUT2D eigenvalue weighted by atomic mass is 19.3. The molecule has 0 aromatic carbocycles. The van der Waals surface area contributed by atoms with Gasteiger partial charge in [0.2, 0.25) is 6.43 Å². The van der Waals surface area contributed by atoms with E-state index in [1.165, 1.54) is 18.6 Å². The maximum absolute atomic E-state index is 12.2. The van der Waals surface area contributed by atoms with Gasteiger partial charge in [-0.2, -0.15) is 0 Å². The highest BCUT2D eigenvalue weighted by Gasteiger charge is 2.21. The van der Waals surface area contributed by atoms with Crippen molar-refractivity contribution in [2.45, 2.75) is 12.3 Å². The molecule has 0 amide bonds. The molecule has 1 aromatic rings. The molecule has 0 aliphatic carbocycles. The lowest BCUT2D eigenvalue weighted by Crippen LogP contribution is -2.20. The topological polar surface area (TPSA) is 51.8 Å². The summed E-state index contributed by atoms with van der Waals surface area (Å²) in [6.07, 6.45) is 1.64. The third kappa shape index (κ3) is 1.94. The number of aromatic nitrogens is 2. The van der Waals surface area contributed by atoms with Crippen molar-refractivity contribution in [3.05, 3.63) is 24.3 Å². The number of alkyl halides is 2. The molecule has 3 nitrogen and oxygen atoms in total. The highest BCUT2D eigenvalue weighted by molar-refractivity contribution is 5.04. The fraction of sp³-hybridized carbons (Fsp3) is 0.429. The summed E-state index contributed by atoms with van der Waals surface area (Å²) >= 11 is 0. The molecule has 0 saturated heterocycles. The Morgan fingerprint density at radius 2 is 2.17 bits per heavy atom. The van der Waals surface area contributed by atoms with Crippen molar-refractivity contribution in [1.29, 1.82) is 0 Å². The number of hydrogen-bond donors (Lipinski definition) is 1. The van der Waals surface area contributed by atoms with E-state index in [4.69, 9.17) is 5.73 Å². The summed E-state index contributed by atoms with van der Waals surface area (Å²) in [5, 5.41) is 0. The van der Waals surface area contributed by atoms with E-state index in [1.807, 2.05) is 0 Å². The maximum Gasteiger partial charge on any atom is 0.248 e. The number of nitrogens with zero attached hydrogens (tertiary/aromatic N) is 2. The quantitative estimate of drug-likeness (QED) is 0.735. The Bertz CT molecular complexity index is 227. The Hall–Kier alpha value is -1.10. The summed E-state index contributed by atoms with van der Waals surface area (Å²) < 4.78 is 24.5. The third-order valence-electron chi connectivity index (χ3n) is 1.52. The fourth-order valence-electron chi connectivity index (χ4n) is 0.855. The third-order valence-corrected chi connectivity index (χ3v) is 1.52. The zero-order chi connectivity index (χ0) is 8.97. The van der Waals surface area contributed by atoms with Gasteiger partial charge in [0.25, 0.3) is 0 Å². The Kier molecular flexibility index (Phi) is 3.04. The van der Waals surface area contributed by atoms with Gasteiger partial charge in [0.05, 0.1) is 11.6 Å². The van der Waals surface area contributed by atoms with E-state index in [-0.39, 0.29) is 12.2 Å². The largest absolute Gasteiger partial charge is 0.330 e. The molecule has 66 valence electrons. The lowest BCUT2D eigenvalue weighted by atomic mass is 10.1. The zero-order valence-electron chi connectivity index (χ0n) is 6.32. The SMILES string of the molecule is NCC(c1cnccn1)C(F)F. The Labute approximate surface area is 68.6 Å². The lowest BCUT2D eigenvalue weighted by molar-refractivity contribution is 0.115. The molecular formula is C7H9F2N3. The van der Waals surface area contributed by atoms with Crippen LogP contribution in [0.25, 0.3) is 0 Å². The molecule has 5 heteroatoms. The molecule has 0 fully saturated rings. The van der Waals surface area contributed by atoms with Crippen molar-refractivity contribution in [3.63, 3.8) is 0 Å². The Balaban J connectivity index is 2.80. The second-order valence-electron chi connectivity index (χ2n) is 2.31. The van der Waals surface area contributed by atoms with Crippen LogP contribution in [0.2, 0.25) is 0 Å². The van der Waals surface area contributed by atoms with Gasteiger partial charge >= 0.3 is 0 Å². The standard InChI is InChI=1S/C7H9F2N3/c8-7(9)5(3-10)6-4-11-1-2-12-6/h1-2,4-5,7H,3,10H2. The number of hydrogen-bond acceptors (Lipinski definition) is 3. The van der Waals surface area contributed by atoms with Crippen molar-refractivity contribution in [3.8, 4) is 0 Å². The van der Waals surface area contributed by atoms with Crippen LogP contribution in [0, 0.1) is 0 Å². The molecule has 12 heavy (non-hydrogen) atoms. The Morgan fingerprint density at radius 1 is 1.42 bits per heavy atom. The second-order valence-corrected chi connectivity index (χ2v) is 2.31. The molecule has 2 N–H and O–H groups in total. The number of halogens is 2. The van der Waals surface area contributed by atoms with Gasteiger partial charge < -0.3 is 5.73 Å². The smallest absolute Gasteiger partial charge is 0.248 e. The van der Waals surface area contributed by atoms with Crippen molar-refractivity contribution in [2.75, 3.05) is 6.54 Å². The molecule has 0 radical (unpaired) electrons. The summed E-state index contributed by atoms with van der Waals surface area (Å²) in [6.45, 7) is -0.115. The molecule has 0 bridgehead atoms. The first-order valence-corrected chi connectivity index (χ1v) is 3.50. The molecule has 0 saturated carbocycles. The normalized spacial score (nSPS) is 13.3. The van der Waals surface area contributed by atoms with Crippen LogP contribution < -0.4 is 5.73 Å². The van der Waals surface area contributed by atoms with Gasteiger partial charge in [-0.3, -0.25) is 9.97 Å². The minimum Gasteiger partial charge on any atom is -0.330 e. The molecule has 1 atom stereocenters. The van der Waals surface area contributed by atoms with Crippen LogP contribution >= 0.6 is 0 Å². The second kappa shape index (κ2) is 4.06. The fourth-order valence-corrected chi connectivity index (χ4v) is 0.855. The molecule has 1 aromatic heterocycles. The van der Waals surface area contributed by atoms with E-state index in [9.17, 15) is 8.78 Å². The number of rotatable bonds is 3. The van der Waals surface area contributed by atoms with Crippen molar-refractivity contribution in [1.82, 2.24) is 9.97 Å². The average molecular weight is 173 g/mol. The first-order chi connectivity index (χ1) is 5.75. The molecule has 1 heterocycles. The van der Waals surface area contributed by atoms with Gasteiger partial charge in [-0.15, -0.1) is 0 Å². The van der Waals surface area contributed by atoms with Gasteiger partial charge in [0.1, 0.15) is 0 Å². The summed E-state index contributed by atoms with van der Waals surface area (Å²) in [5.74, 6) is -1.00. The Morgan fingerprint density at radius 3 is 2.58 bits per heavy atom. The van der Waals surface area contributed by atoms with Gasteiger partial charge in [0.15, 0.2) is 0 Å². The van der Waals surface area contributed by atoms with E-state index in [0.717, 1.165) is 0 Å². The molecular weight excluding hydrogens is 164 g/mol. The van der Waals surface area contributed by atoms with Crippen LogP contribution in [-0.2, 0) is 0 Å². The minimum absolute atomic E-state index is 0.115. The summed E-state index contributed by atoms with van der Waals surface area (Å²) in [7, 11) is 0. The van der Waals surface area contributed by atoms with Crippen LogP contribution in [0.15, 0.2) is 18.6 Å². The molecule has 0 aliphatic heterocycles. The average Bonchev–Trinajstić information content (AvgIpc) is 2.07. The first kappa shape index (κ1) is 8.99. The minimum atomic E-state index is -2.48. The van der Waals surface area contributed by atoms with Gasteiger partial charge in [-0.05, 0) is 0 Å². The summed E-state index contributed by atoms with van der Waals surface area (Å²) in [5.41, 5.74) is 5.40. The monoisotopic (exact) mass is 173 g/mol. The predicted octanol–water partition coefficient (Wildman–Crippen LogP) is 0.784. The molecule has 0 aliphatic rings. The van der Waals surface area contributed by atoms with Crippen molar-refractivity contribution < 1.29 is 8.78 Å². The van der Waals surface area contributed by atoms with E-state index in [1.54, 1.807) is 0 Å². The van der Waals surface area contributed by atoms with Gasteiger partial charge in [0, 0.05) is 25.1 Å². The van der Waals surface area contributed by atoms with Crippen LogP contribution in [0.5, 0.6) is 0 Å². The van der Waals surface area contributed by atoms with E-state index in [2.05, 4.69) is 9.97 Å². The van der Waals surface area contributed by atoms with Crippen molar-refractivity contribution in [2.24, 2.45) is 5.73 Å². The van der Waals surface area contributed by atoms with Gasteiger partial charge in [-0.1, -0.05) is 0 Å². The molecule has 0 spiro atoms. The predicted molar refractivity (Wildman–Crippen MR) is 39.8 cm³/mol. The maximum atomic E-state index is 12.2. The van der Waals surface area contributed by atoms with E-state index >= 15 is 0 Å². The number of nitrogens with two attached hydrogens (primary N) is 1. The van der Waals surface area contributed by atoms with Crippen LogP contribution in [0.1, 0.15) is 11.6 Å². The lowest BCUT2D eigenvalue weighted by Gasteiger charge is -2.11. The molecule has 1 unspecified atom stereocenters. The van der Waals surface area contributed by atoms with Crippen LogP contribution in [0.3, 0.4) is 0 Å². The van der Waals surface area contributed by atoms with Gasteiger partial charge in [-0.25, -0.2) is 8.78 Å². The summed E-state index contributed by atoms with van der Waals surface area (Å²) in [6, 6.07) is 0.